The molecule has 1 aromatic carbocycles. The van der Waals surface area contributed by atoms with Gasteiger partial charge >= 0.3 is 17.9 Å². The maximum atomic E-state index is 11.0. The number of rotatable bonds is 9. The first-order chi connectivity index (χ1) is 18.8. The number of aromatic carboxylic acids is 3. The van der Waals surface area contributed by atoms with E-state index in [0.29, 0.717) is 0 Å². The molecule has 39 heavy (non-hydrogen) atoms. The lowest BCUT2D eigenvalue weighted by atomic mass is 10.0. The van der Waals surface area contributed by atoms with E-state index in [1.54, 1.807) is 18.2 Å². The molecule has 4 rings (SSSR count). The molecule has 0 aliphatic heterocycles. The fourth-order valence-corrected chi connectivity index (χ4v) is 3.46. The van der Waals surface area contributed by atoms with Crippen LogP contribution in [0, 0.1) is 0 Å². The molecule has 0 aliphatic carbocycles. The van der Waals surface area contributed by atoms with Gasteiger partial charge in [0.2, 0.25) is 0 Å². The lowest BCUT2D eigenvalue weighted by Gasteiger charge is -2.03. The Kier molecular flexibility index (Phi) is 8.13. The Morgan fingerprint density at radius 1 is 0.436 bits per heavy atom. The molecule has 0 aliphatic rings. The summed E-state index contributed by atoms with van der Waals surface area (Å²) in [5.74, 6) is -3.29. The molecule has 3 heterocycles. The Labute approximate surface area is 222 Å². The zero-order chi connectivity index (χ0) is 27.8. The zero-order valence-corrected chi connectivity index (χ0v) is 20.3. The highest BCUT2D eigenvalue weighted by molar-refractivity contribution is 5.87. The minimum absolute atomic E-state index is 0.0385. The number of hydrogen-bond acceptors (Lipinski definition) is 6. The van der Waals surface area contributed by atoms with E-state index in [9.17, 15) is 14.4 Å². The second-order valence-electron chi connectivity index (χ2n) is 8.28. The Balaban J connectivity index is 1.63. The van der Waals surface area contributed by atoms with E-state index in [1.165, 1.54) is 36.8 Å². The summed E-state index contributed by atoms with van der Waals surface area (Å²) in [6, 6.07) is 15.1. The van der Waals surface area contributed by atoms with Gasteiger partial charge in [-0.2, -0.15) is 0 Å². The molecule has 9 nitrogen and oxygen atoms in total. The molecule has 0 unspecified atom stereocenters. The van der Waals surface area contributed by atoms with Crippen LogP contribution in [-0.4, -0.2) is 48.2 Å². The molecule has 0 atom stereocenters. The molecule has 0 radical (unpaired) electrons. The molecule has 9 heteroatoms. The van der Waals surface area contributed by atoms with E-state index in [-0.39, 0.29) is 17.1 Å². The van der Waals surface area contributed by atoms with Crippen molar-refractivity contribution in [1.82, 2.24) is 15.0 Å². The first kappa shape index (κ1) is 26.4. The molecule has 0 spiro atoms. The van der Waals surface area contributed by atoms with Gasteiger partial charge in [-0.3, -0.25) is 0 Å². The summed E-state index contributed by atoms with van der Waals surface area (Å²) in [6.45, 7) is 0. The van der Waals surface area contributed by atoms with Crippen molar-refractivity contribution in [3.05, 3.63) is 124 Å². The number of hydrogen-bond donors (Lipinski definition) is 3. The number of pyridine rings is 3. The smallest absolute Gasteiger partial charge is 0.354 e. The monoisotopic (exact) mass is 519 g/mol. The molecule has 192 valence electrons. The van der Waals surface area contributed by atoms with Crippen molar-refractivity contribution < 1.29 is 29.7 Å². The van der Waals surface area contributed by atoms with Crippen molar-refractivity contribution >= 4 is 54.4 Å². The highest BCUT2D eigenvalue weighted by Gasteiger charge is 2.05. The normalized spacial score (nSPS) is 11.4. The molecule has 0 saturated heterocycles. The average molecular weight is 520 g/mol. The SMILES string of the molecule is O=C(O)c1ccc(/C=C/c2cc(/C=C/c3ccc(C(=O)O)nc3)cc(/C=C/c3ccc(C(=O)O)nc3)c2)cn1. The fraction of sp³-hybridized carbons (Fsp3) is 0. The van der Waals surface area contributed by atoms with E-state index in [0.717, 1.165) is 33.4 Å². The summed E-state index contributed by atoms with van der Waals surface area (Å²) in [7, 11) is 0. The Hall–Kier alpha value is -5.70. The minimum Gasteiger partial charge on any atom is -0.477 e. The zero-order valence-electron chi connectivity index (χ0n) is 20.3. The van der Waals surface area contributed by atoms with E-state index in [1.807, 2.05) is 54.7 Å². The molecular weight excluding hydrogens is 498 g/mol. The van der Waals surface area contributed by atoms with Crippen LogP contribution in [0.1, 0.15) is 64.8 Å². The topological polar surface area (TPSA) is 151 Å². The summed E-state index contributed by atoms with van der Waals surface area (Å²) in [5, 5.41) is 27.1. The molecule has 0 fully saturated rings. The van der Waals surface area contributed by atoms with Crippen LogP contribution in [0.25, 0.3) is 36.5 Å². The van der Waals surface area contributed by atoms with E-state index in [4.69, 9.17) is 15.3 Å². The third kappa shape index (κ3) is 7.40. The van der Waals surface area contributed by atoms with Crippen molar-refractivity contribution in [1.29, 1.82) is 0 Å². The maximum Gasteiger partial charge on any atom is 0.354 e. The molecule has 0 saturated carbocycles. The predicted octanol–water partition coefficient (Wildman–Crippen LogP) is 5.48. The summed E-state index contributed by atoms with van der Waals surface area (Å²) in [5.41, 5.74) is 4.65. The fourth-order valence-electron chi connectivity index (χ4n) is 3.46. The summed E-state index contributed by atoms with van der Waals surface area (Å²) < 4.78 is 0. The second-order valence-corrected chi connectivity index (χ2v) is 8.28. The number of nitrogens with zero attached hydrogens (tertiary/aromatic N) is 3. The second kappa shape index (κ2) is 12.0. The van der Waals surface area contributed by atoms with Gasteiger partial charge in [0.05, 0.1) is 0 Å². The van der Waals surface area contributed by atoms with Crippen LogP contribution >= 0.6 is 0 Å². The largest absolute Gasteiger partial charge is 0.477 e. The number of carboxylic acid groups (broad SMARTS) is 3. The number of benzene rings is 1. The van der Waals surface area contributed by atoms with Crippen LogP contribution in [0.2, 0.25) is 0 Å². The van der Waals surface area contributed by atoms with Gasteiger partial charge in [0, 0.05) is 18.6 Å². The number of aromatic nitrogens is 3. The van der Waals surface area contributed by atoms with Gasteiger partial charge in [0.1, 0.15) is 17.1 Å². The summed E-state index contributed by atoms with van der Waals surface area (Å²) in [6.07, 6.45) is 15.5. The summed E-state index contributed by atoms with van der Waals surface area (Å²) >= 11 is 0. The quantitative estimate of drug-likeness (QED) is 0.261. The van der Waals surface area contributed by atoms with Crippen molar-refractivity contribution in [2.75, 3.05) is 0 Å². The first-order valence-electron chi connectivity index (χ1n) is 11.5. The average Bonchev–Trinajstić information content (AvgIpc) is 2.94. The van der Waals surface area contributed by atoms with Crippen LogP contribution in [0.3, 0.4) is 0 Å². The lowest BCUT2D eigenvalue weighted by Crippen LogP contribution is -1.99. The molecule has 3 N–H and O–H groups in total. The molecule has 4 aromatic rings. The van der Waals surface area contributed by atoms with Crippen LogP contribution in [0.5, 0.6) is 0 Å². The van der Waals surface area contributed by atoms with Crippen LogP contribution < -0.4 is 0 Å². The molecule has 0 bridgehead atoms. The van der Waals surface area contributed by atoms with Gasteiger partial charge in [0.15, 0.2) is 0 Å². The molecule has 3 aromatic heterocycles. The predicted molar refractivity (Wildman–Crippen MR) is 147 cm³/mol. The van der Waals surface area contributed by atoms with Gasteiger partial charge in [0.25, 0.3) is 0 Å². The van der Waals surface area contributed by atoms with Crippen molar-refractivity contribution in [2.45, 2.75) is 0 Å². The van der Waals surface area contributed by atoms with Crippen molar-refractivity contribution in [3.63, 3.8) is 0 Å². The number of carboxylic acids is 3. The van der Waals surface area contributed by atoms with Crippen LogP contribution in [0.4, 0.5) is 0 Å². The highest BCUT2D eigenvalue weighted by Crippen LogP contribution is 2.19. The molecular formula is C30H21N3O6. The van der Waals surface area contributed by atoms with Crippen LogP contribution in [0.15, 0.2) is 73.2 Å². The standard InChI is InChI=1S/C30H21N3O6/c34-28(35)25-10-7-19(16-31-25)1-4-22-13-23(5-2-20-8-11-26(29(36)37)32-17-20)15-24(14-22)6-3-21-9-12-27(30(38)39)33-18-21/h1-18H,(H,34,35)(H,36,37)(H,38,39)/b4-1+,5-2+,6-3+. The third-order valence-electron chi connectivity index (χ3n) is 5.42. The van der Waals surface area contributed by atoms with Gasteiger partial charge < -0.3 is 15.3 Å². The minimum atomic E-state index is -1.10. The van der Waals surface area contributed by atoms with Gasteiger partial charge in [-0.1, -0.05) is 54.7 Å². The van der Waals surface area contributed by atoms with E-state index < -0.39 is 17.9 Å². The van der Waals surface area contributed by atoms with Gasteiger partial charge in [-0.15, -0.1) is 0 Å². The lowest BCUT2D eigenvalue weighted by molar-refractivity contribution is 0.0680. The first-order valence-corrected chi connectivity index (χ1v) is 11.5. The Morgan fingerprint density at radius 2 is 0.692 bits per heavy atom. The van der Waals surface area contributed by atoms with E-state index in [2.05, 4.69) is 15.0 Å². The third-order valence-corrected chi connectivity index (χ3v) is 5.42. The Morgan fingerprint density at radius 3 is 0.897 bits per heavy atom. The maximum absolute atomic E-state index is 11.0. The highest BCUT2D eigenvalue weighted by atomic mass is 16.4. The summed E-state index contributed by atoms with van der Waals surface area (Å²) in [4.78, 5) is 44.9. The molecule has 0 amide bonds. The van der Waals surface area contributed by atoms with Gasteiger partial charge in [-0.05, 0) is 69.8 Å². The van der Waals surface area contributed by atoms with E-state index >= 15 is 0 Å². The Bertz CT molecular complexity index is 1400. The van der Waals surface area contributed by atoms with Crippen LogP contribution in [-0.2, 0) is 0 Å². The van der Waals surface area contributed by atoms with Crippen molar-refractivity contribution in [3.8, 4) is 0 Å². The van der Waals surface area contributed by atoms with Gasteiger partial charge in [-0.25, -0.2) is 29.3 Å². The van der Waals surface area contributed by atoms with Crippen molar-refractivity contribution in [2.24, 2.45) is 0 Å². The number of carbonyl (C=O) groups is 3.